The highest BCUT2D eigenvalue weighted by Crippen LogP contribution is 2.28. The van der Waals surface area contributed by atoms with E-state index in [2.05, 4.69) is 15.4 Å². The Kier molecular flexibility index (Phi) is 5.85. The molecule has 3 N–H and O–H groups in total. The van der Waals surface area contributed by atoms with E-state index in [-0.39, 0.29) is 0 Å². The Morgan fingerprint density at radius 3 is 2.83 bits per heavy atom. The van der Waals surface area contributed by atoms with Crippen molar-refractivity contribution in [2.75, 3.05) is 26.1 Å². The second-order valence-electron chi connectivity index (χ2n) is 5.08. The molecule has 23 heavy (non-hydrogen) atoms. The van der Waals surface area contributed by atoms with Crippen molar-refractivity contribution in [2.24, 2.45) is 17.8 Å². The van der Waals surface area contributed by atoms with Crippen molar-refractivity contribution >= 4 is 11.6 Å². The van der Waals surface area contributed by atoms with Crippen molar-refractivity contribution < 1.29 is 9.47 Å². The van der Waals surface area contributed by atoms with Crippen molar-refractivity contribution in [1.29, 1.82) is 0 Å². The summed E-state index contributed by atoms with van der Waals surface area (Å²) in [5, 5.41) is 7.18. The van der Waals surface area contributed by atoms with E-state index in [4.69, 9.17) is 15.2 Å². The lowest BCUT2D eigenvalue weighted by atomic mass is 10.2. The zero-order valence-corrected chi connectivity index (χ0v) is 13.7. The van der Waals surface area contributed by atoms with Crippen LogP contribution in [-0.4, -0.2) is 36.5 Å². The standard InChI is InChI=1S/C16H23N5O2/c1-21-11-12(10-19-21)5-4-8-18-16(17)20-14-9-13(22-2)6-7-15(14)23-3/h6-7,9-11H,4-5,8H2,1-3H3,(H3,17,18,20). The lowest BCUT2D eigenvalue weighted by Gasteiger charge is -2.12. The summed E-state index contributed by atoms with van der Waals surface area (Å²) in [7, 11) is 5.13. The number of hydrogen-bond donors (Lipinski definition) is 2. The summed E-state index contributed by atoms with van der Waals surface area (Å²) in [6.45, 7) is 0.639. The predicted octanol–water partition coefficient (Wildman–Crippen LogP) is 1.80. The fourth-order valence-electron chi connectivity index (χ4n) is 2.17. The molecule has 0 fully saturated rings. The summed E-state index contributed by atoms with van der Waals surface area (Å²) >= 11 is 0. The first-order valence-electron chi connectivity index (χ1n) is 7.39. The number of guanidine groups is 1. The first-order valence-corrected chi connectivity index (χ1v) is 7.39. The van der Waals surface area contributed by atoms with Gasteiger partial charge in [-0.1, -0.05) is 0 Å². The van der Waals surface area contributed by atoms with E-state index >= 15 is 0 Å². The summed E-state index contributed by atoms with van der Waals surface area (Å²) in [5.41, 5.74) is 7.85. The zero-order valence-electron chi connectivity index (χ0n) is 13.7. The van der Waals surface area contributed by atoms with Gasteiger partial charge in [-0.15, -0.1) is 0 Å². The number of hydrogen-bond acceptors (Lipinski definition) is 4. The van der Waals surface area contributed by atoms with Gasteiger partial charge < -0.3 is 20.5 Å². The van der Waals surface area contributed by atoms with E-state index in [9.17, 15) is 0 Å². The van der Waals surface area contributed by atoms with Crippen LogP contribution in [0.25, 0.3) is 0 Å². The third kappa shape index (κ3) is 4.91. The van der Waals surface area contributed by atoms with E-state index < -0.39 is 0 Å². The Morgan fingerprint density at radius 1 is 1.35 bits per heavy atom. The minimum Gasteiger partial charge on any atom is -0.497 e. The quantitative estimate of drug-likeness (QED) is 0.462. The van der Waals surface area contributed by atoms with Crippen LogP contribution in [0.15, 0.2) is 35.6 Å². The van der Waals surface area contributed by atoms with Crippen LogP contribution in [0.5, 0.6) is 11.5 Å². The molecule has 1 aromatic heterocycles. The molecule has 0 saturated carbocycles. The smallest absolute Gasteiger partial charge is 0.193 e. The van der Waals surface area contributed by atoms with Crippen LogP contribution >= 0.6 is 0 Å². The monoisotopic (exact) mass is 317 g/mol. The van der Waals surface area contributed by atoms with E-state index in [1.54, 1.807) is 18.9 Å². The summed E-state index contributed by atoms with van der Waals surface area (Å²) in [6, 6.07) is 5.46. The number of aromatic nitrogens is 2. The SMILES string of the molecule is COc1ccc(OC)c(NC(N)=NCCCc2cnn(C)c2)c1. The molecule has 2 aromatic rings. The maximum Gasteiger partial charge on any atom is 0.193 e. The largest absolute Gasteiger partial charge is 0.497 e. The van der Waals surface area contributed by atoms with Gasteiger partial charge in [0.05, 0.1) is 26.1 Å². The molecule has 0 bridgehead atoms. The lowest BCUT2D eigenvalue weighted by molar-refractivity contribution is 0.405. The molecule has 1 heterocycles. The van der Waals surface area contributed by atoms with Gasteiger partial charge in [0.2, 0.25) is 0 Å². The molecule has 0 aliphatic heterocycles. The summed E-state index contributed by atoms with van der Waals surface area (Å²) in [6.07, 6.45) is 5.70. The molecule has 1 aromatic carbocycles. The van der Waals surface area contributed by atoms with Crippen molar-refractivity contribution in [3.8, 4) is 11.5 Å². The Hall–Kier alpha value is -2.70. The highest BCUT2D eigenvalue weighted by atomic mass is 16.5. The normalized spacial score (nSPS) is 11.3. The van der Waals surface area contributed by atoms with Crippen LogP contribution in [0.2, 0.25) is 0 Å². The zero-order chi connectivity index (χ0) is 16.7. The van der Waals surface area contributed by atoms with E-state index in [0.717, 1.165) is 24.3 Å². The van der Waals surface area contributed by atoms with E-state index in [1.807, 2.05) is 37.6 Å². The minimum absolute atomic E-state index is 0.350. The number of methoxy groups -OCH3 is 2. The summed E-state index contributed by atoms with van der Waals surface area (Å²) in [5.74, 6) is 1.75. The van der Waals surface area contributed by atoms with Crippen molar-refractivity contribution in [3.63, 3.8) is 0 Å². The Morgan fingerprint density at radius 2 is 2.17 bits per heavy atom. The predicted molar refractivity (Wildman–Crippen MR) is 91.2 cm³/mol. The molecule has 124 valence electrons. The topological polar surface area (TPSA) is 86.7 Å². The second-order valence-corrected chi connectivity index (χ2v) is 5.08. The van der Waals surface area contributed by atoms with Gasteiger partial charge in [0, 0.05) is 25.9 Å². The molecular formula is C16H23N5O2. The van der Waals surface area contributed by atoms with Crippen LogP contribution in [-0.2, 0) is 13.5 Å². The van der Waals surface area contributed by atoms with Crippen LogP contribution in [0.4, 0.5) is 5.69 Å². The number of aliphatic imine (C=N–C) groups is 1. The third-order valence-corrected chi connectivity index (χ3v) is 3.33. The maximum absolute atomic E-state index is 5.93. The Balaban J connectivity index is 1.89. The number of nitrogens with zero attached hydrogens (tertiary/aromatic N) is 3. The average molecular weight is 317 g/mol. The van der Waals surface area contributed by atoms with Crippen molar-refractivity contribution in [1.82, 2.24) is 9.78 Å². The number of anilines is 1. The Labute approximate surface area is 136 Å². The highest BCUT2D eigenvalue weighted by Gasteiger charge is 2.06. The van der Waals surface area contributed by atoms with Crippen LogP contribution in [0, 0.1) is 0 Å². The number of aryl methyl sites for hydroxylation is 2. The molecule has 0 amide bonds. The number of nitrogens with two attached hydrogens (primary N) is 1. The van der Waals surface area contributed by atoms with Gasteiger partial charge in [-0.2, -0.15) is 5.10 Å². The number of benzene rings is 1. The summed E-state index contributed by atoms with van der Waals surface area (Å²) < 4.78 is 12.3. The number of ether oxygens (including phenoxy) is 2. The average Bonchev–Trinajstić information content (AvgIpc) is 2.97. The highest BCUT2D eigenvalue weighted by molar-refractivity contribution is 5.93. The molecule has 0 spiro atoms. The van der Waals surface area contributed by atoms with E-state index in [0.29, 0.717) is 18.3 Å². The van der Waals surface area contributed by atoms with Gasteiger partial charge in [0.1, 0.15) is 11.5 Å². The van der Waals surface area contributed by atoms with Crippen molar-refractivity contribution in [3.05, 3.63) is 36.2 Å². The molecule has 0 saturated heterocycles. The maximum atomic E-state index is 5.93. The minimum atomic E-state index is 0.350. The third-order valence-electron chi connectivity index (χ3n) is 3.33. The molecule has 7 heteroatoms. The van der Waals surface area contributed by atoms with Crippen LogP contribution in [0.1, 0.15) is 12.0 Å². The lowest BCUT2D eigenvalue weighted by Crippen LogP contribution is -2.23. The summed E-state index contributed by atoms with van der Waals surface area (Å²) in [4.78, 5) is 4.33. The van der Waals surface area contributed by atoms with Gasteiger partial charge in [-0.25, -0.2) is 0 Å². The molecule has 0 unspecified atom stereocenters. The molecule has 7 nitrogen and oxygen atoms in total. The first-order chi connectivity index (χ1) is 11.1. The second kappa shape index (κ2) is 8.07. The molecular weight excluding hydrogens is 294 g/mol. The van der Waals surface area contributed by atoms with Gasteiger partial charge in [-0.3, -0.25) is 9.67 Å². The van der Waals surface area contributed by atoms with Crippen molar-refractivity contribution in [2.45, 2.75) is 12.8 Å². The Bertz CT molecular complexity index is 666. The molecule has 0 aliphatic carbocycles. The number of rotatable bonds is 7. The van der Waals surface area contributed by atoms with Gasteiger partial charge in [0.15, 0.2) is 5.96 Å². The fourth-order valence-corrected chi connectivity index (χ4v) is 2.17. The molecule has 0 atom stereocenters. The van der Waals surface area contributed by atoms with Gasteiger partial charge >= 0.3 is 0 Å². The molecule has 2 rings (SSSR count). The first kappa shape index (κ1) is 16.7. The van der Waals surface area contributed by atoms with E-state index in [1.165, 1.54) is 5.56 Å². The fraction of sp³-hybridized carbons (Fsp3) is 0.375. The number of nitrogens with one attached hydrogen (secondary N) is 1. The molecule has 0 radical (unpaired) electrons. The van der Waals surface area contributed by atoms with Crippen LogP contribution < -0.4 is 20.5 Å². The van der Waals surface area contributed by atoms with Gasteiger partial charge in [0.25, 0.3) is 0 Å². The molecule has 0 aliphatic rings. The van der Waals surface area contributed by atoms with Crippen LogP contribution in [0.3, 0.4) is 0 Å². The van der Waals surface area contributed by atoms with Gasteiger partial charge in [-0.05, 0) is 30.5 Å².